The molecule has 8 amide bonds. The van der Waals surface area contributed by atoms with Crippen molar-refractivity contribution in [3.8, 4) is 0 Å². The summed E-state index contributed by atoms with van der Waals surface area (Å²) in [6, 6.07) is 12.6. The summed E-state index contributed by atoms with van der Waals surface area (Å²) in [6.45, 7) is 1.68. The number of carbonyl (C=O) groups excluding carboxylic acids is 8. The van der Waals surface area contributed by atoms with Crippen molar-refractivity contribution in [2.45, 2.75) is 107 Å². The van der Waals surface area contributed by atoms with Gasteiger partial charge in [0.25, 0.3) is 0 Å². The van der Waals surface area contributed by atoms with Crippen LogP contribution in [-0.2, 0) is 57.6 Å². The Morgan fingerprint density at radius 2 is 1.34 bits per heavy atom. The lowest BCUT2D eigenvalue weighted by atomic mass is 9.99. The third-order valence-electron chi connectivity index (χ3n) is 12.8. The highest BCUT2D eigenvalue weighted by Gasteiger charge is 2.34. The Kier molecular flexibility index (Phi) is 21.3. The van der Waals surface area contributed by atoms with E-state index >= 15 is 0 Å². The SMILES string of the molecule is CCC(=O)N[C@H](CCCN=C(N)N)C(=O)N[C@H]1CCC(=O)NCCNC(=O)[C@@H](Cc2c[nH]c3ccccc23)NC(=O)[C@H](CCCN=C(N)N)NC(=O)[C@@H](Cc2ccc3ccccc3c2)NC(=O)[C@H](Cc2cnc[nH]2)NC1=O. The van der Waals surface area contributed by atoms with Crippen LogP contribution in [0.4, 0.5) is 0 Å². The molecule has 0 saturated carbocycles. The van der Waals surface area contributed by atoms with Gasteiger partial charge >= 0.3 is 0 Å². The molecule has 77 heavy (non-hydrogen) atoms. The van der Waals surface area contributed by atoms with Gasteiger partial charge in [0.05, 0.1) is 6.33 Å². The highest BCUT2D eigenvalue weighted by Crippen LogP contribution is 2.20. The number of nitrogens with two attached hydrogens (primary N) is 4. The Morgan fingerprint density at radius 1 is 0.701 bits per heavy atom. The molecule has 2 aromatic heterocycles. The van der Waals surface area contributed by atoms with Crippen molar-refractivity contribution in [2.75, 3.05) is 26.2 Å². The summed E-state index contributed by atoms with van der Waals surface area (Å²) >= 11 is 0. The second kappa shape index (κ2) is 28.6. The Morgan fingerprint density at radius 3 is 2.05 bits per heavy atom. The van der Waals surface area contributed by atoms with Crippen LogP contribution in [0, 0.1) is 0 Å². The van der Waals surface area contributed by atoms with Crippen LogP contribution in [0.25, 0.3) is 21.7 Å². The number of benzene rings is 3. The zero-order chi connectivity index (χ0) is 55.3. The van der Waals surface area contributed by atoms with Crippen LogP contribution < -0.4 is 65.5 Å². The largest absolute Gasteiger partial charge is 0.370 e. The molecule has 18 N–H and O–H groups in total. The summed E-state index contributed by atoms with van der Waals surface area (Å²) in [5, 5.41) is 24.7. The minimum absolute atomic E-state index is 0.0106. The van der Waals surface area contributed by atoms with Crippen LogP contribution >= 0.6 is 0 Å². The van der Waals surface area contributed by atoms with Gasteiger partial charge in [0.2, 0.25) is 47.3 Å². The fourth-order valence-electron chi connectivity index (χ4n) is 8.71. The molecule has 0 radical (unpaired) electrons. The van der Waals surface area contributed by atoms with Gasteiger partial charge in [-0.3, -0.25) is 48.3 Å². The molecule has 1 aliphatic rings. The fraction of sp³-hybridized carbons (Fsp3) is 0.404. The third-order valence-corrected chi connectivity index (χ3v) is 12.8. The Bertz CT molecular complexity index is 2910. The Labute approximate surface area is 444 Å². The maximum atomic E-state index is 14.9. The number of hydrogen-bond donors (Lipinski definition) is 14. The van der Waals surface area contributed by atoms with E-state index in [1.54, 1.807) is 19.2 Å². The smallest absolute Gasteiger partial charge is 0.243 e. The zero-order valence-electron chi connectivity index (χ0n) is 42.9. The number of aromatic nitrogens is 3. The second-order valence-corrected chi connectivity index (χ2v) is 18.6. The number of guanidine groups is 2. The van der Waals surface area contributed by atoms with Crippen molar-refractivity contribution in [1.29, 1.82) is 0 Å². The topological polar surface area (TPSA) is 406 Å². The van der Waals surface area contributed by atoms with Gasteiger partial charge in [0.1, 0.15) is 36.3 Å². The molecule has 1 aliphatic heterocycles. The normalized spacial score (nSPS) is 19.7. The average Bonchev–Trinajstić information content (AvgIpc) is 4.09. The van der Waals surface area contributed by atoms with Crippen molar-refractivity contribution in [1.82, 2.24) is 57.5 Å². The van der Waals surface area contributed by atoms with Gasteiger partial charge in [-0.25, -0.2) is 4.98 Å². The highest BCUT2D eigenvalue weighted by molar-refractivity contribution is 5.98. The summed E-state index contributed by atoms with van der Waals surface area (Å²) in [7, 11) is 0. The molecule has 1 saturated heterocycles. The molecule has 0 unspecified atom stereocenters. The molecule has 410 valence electrons. The molecule has 0 spiro atoms. The predicted molar refractivity (Wildman–Crippen MR) is 289 cm³/mol. The number of nitrogens with one attached hydrogen (secondary N) is 10. The molecule has 6 rings (SSSR count). The molecule has 3 aromatic carbocycles. The summed E-state index contributed by atoms with van der Waals surface area (Å²) in [5.41, 5.74) is 24.7. The van der Waals surface area contributed by atoms with Crippen molar-refractivity contribution in [2.24, 2.45) is 32.9 Å². The molecule has 3 heterocycles. The maximum Gasteiger partial charge on any atom is 0.243 e. The zero-order valence-corrected chi connectivity index (χ0v) is 42.9. The van der Waals surface area contributed by atoms with Gasteiger partial charge in [-0.05, 0) is 60.1 Å². The van der Waals surface area contributed by atoms with Gasteiger partial charge in [0, 0.05) is 87.3 Å². The Hall–Kier alpha value is -9.03. The number of imidazole rings is 1. The van der Waals surface area contributed by atoms with Gasteiger partial charge < -0.3 is 75.4 Å². The lowest BCUT2D eigenvalue weighted by molar-refractivity contribution is -0.135. The van der Waals surface area contributed by atoms with Crippen LogP contribution in [-0.4, -0.2) is 137 Å². The van der Waals surface area contributed by atoms with Crippen molar-refractivity contribution >= 4 is 80.9 Å². The van der Waals surface area contributed by atoms with E-state index in [9.17, 15) is 38.4 Å². The minimum atomic E-state index is -1.46. The van der Waals surface area contributed by atoms with E-state index in [1.807, 2.05) is 60.7 Å². The van der Waals surface area contributed by atoms with Crippen LogP contribution in [0.3, 0.4) is 0 Å². The lowest BCUT2D eigenvalue weighted by Gasteiger charge is -2.28. The Balaban J connectivity index is 1.37. The minimum Gasteiger partial charge on any atom is -0.370 e. The van der Waals surface area contributed by atoms with E-state index in [-0.39, 0.29) is 102 Å². The molecular weight excluding hydrogens is 991 g/mol. The van der Waals surface area contributed by atoms with Crippen molar-refractivity contribution in [3.05, 3.63) is 102 Å². The number of H-pyrrole nitrogens is 2. The number of carbonyl (C=O) groups is 8. The van der Waals surface area contributed by atoms with Crippen molar-refractivity contribution in [3.63, 3.8) is 0 Å². The van der Waals surface area contributed by atoms with Gasteiger partial charge in [-0.15, -0.1) is 0 Å². The van der Waals surface area contributed by atoms with E-state index in [0.717, 1.165) is 21.7 Å². The van der Waals surface area contributed by atoms with Gasteiger partial charge in [-0.2, -0.15) is 0 Å². The third kappa shape index (κ3) is 17.8. The summed E-state index contributed by atoms with van der Waals surface area (Å²) < 4.78 is 0. The van der Waals surface area contributed by atoms with E-state index in [0.29, 0.717) is 16.8 Å². The number of fused-ring (bicyclic) bond motifs is 2. The molecule has 25 nitrogen and oxygen atoms in total. The van der Waals surface area contributed by atoms with E-state index in [2.05, 4.69) is 67.5 Å². The predicted octanol–water partition coefficient (Wildman–Crippen LogP) is -1.48. The number of rotatable bonds is 18. The fourth-order valence-corrected chi connectivity index (χ4v) is 8.71. The number of nitrogens with zero attached hydrogens (tertiary/aromatic N) is 3. The molecule has 0 bridgehead atoms. The molecule has 6 atom stereocenters. The monoisotopic (exact) mass is 1060 g/mol. The molecule has 25 heteroatoms. The number of hydrogen-bond acceptors (Lipinski definition) is 11. The number of aliphatic imine (C=N–C) groups is 2. The highest BCUT2D eigenvalue weighted by atomic mass is 16.2. The van der Waals surface area contributed by atoms with E-state index in [4.69, 9.17) is 22.9 Å². The summed E-state index contributed by atoms with van der Waals surface area (Å²) in [6.07, 6.45) is 4.28. The first-order valence-corrected chi connectivity index (χ1v) is 25.5. The molecule has 1 fully saturated rings. The molecule has 5 aromatic rings. The average molecular weight is 1060 g/mol. The van der Waals surface area contributed by atoms with Crippen LogP contribution in [0.15, 0.2) is 95.4 Å². The summed E-state index contributed by atoms with van der Waals surface area (Å²) in [4.78, 5) is 131. The quantitative estimate of drug-likeness (QED) is 0.0271. The van der Waals surface area contributed by atoms with Crippen LogP contribution in [0.5, 0.6) is 0 Å². The second-order valence-electron chi connectivity index (χ2n) is 18.6. The maximum absolute atomic E-state index is 14.9. The standard InChI is InChI=1S/C52H69N17O8/c1-2-43(70)64-37(13-7-19-60-51(53)54)46(73)66-39-17-18-44(71)58-21-22-59-45(72)41(25-33-27-62-36-12-6-5-11-35(33)36)68-47(74)38(14-8-20-61-52(55)56)65-49(76)40(24-30-15-16-31-9-3-4-10-32(31)23-30)67-50(77)42(69-48(39)75)26-34-28-57-29-63-34/h3-6,9-12,15-16,23,27-29,37-42,62H,2,7-8,13-14,17-22,24-26H2,1H3,(H,57,63)(H,58,71)(H,59,72)(H,64,70)(H,65,76)(H,66,73)(H,67,77)(H,68,74)(H,69,75)(H4,53,54,60)(H4,55,56,61)/t37-,38+,39+,40-,41-,42+/m1/s1. The van der Waals surface area contributed by atoms with E-state index in [1.165, 1.54) is 12.5 Å². The van der Waals surface area contributed by atoms with Crippen LogP contribution in [0.1, 0.15) is 68.7 Å². The first-order valence-electron chi connectivity index (χ1n) is 25.5. The van der Waals surface area contributed by atoms with Gasteiger partial charge in [0.15, 0.2) is 11.9 Å². The number of amides is 8. The first kappa shape index (κ1) is 57.3. The van der Waals surface area contributed by atoms with Gasteiger partial charge in [-0.1, -0.05) is 67.6 Å². The van der Waals surface area contributed by atoms with E-state index < -0.39 is 83.5 Å². The van der Waals surface area contributed by atoms with Crippen LogP contribution in [0.2, 0.25) is 0 Å². The lowest BCUT2D eigenvalue weighted by Crippen LogP contribution is -2.60. The number of aromatic amines is 2. The molecule has 0 aliphatic carbocycles. The van der Waals surface area contributed by atoms with Crippen molar-refractivity contribution < 1.29 is 38.4 Å². The number of para-hydroxylation sites is 1. The summed E-state index contributed by atoms with van der Waals surface area (Å²) in [5.74, 6) is -5.90. The first-order chi connectivity index (χ1) is 37.1. The molecular formula is C52H69N17O8.